The first-order chi connectivity index (χ1) is 9.38. The molecule has 1 fully saturated rings. The average Bonchev–Trinajstić information content (AvgIpc) is 2.39. The summed E-state index contributed by atoms with van der Waals surface area (Å²) >= 11 is 0. The van der Waals surface area contributed by atoms with Gasteiger partial charge in [0.05, 0.1) is 6.54 Å². The van der Waals surface area contributed by atoms with Crippen LogP contribution in [0, 0.1) is 5.41 Å². The van der Waals surface area contributed by atoms with E-state index in [-0.39, 0.29) is 23.8 Å². The van der Waals surface area contributed by atoms with Crippen LogP contribution >= 0.6 is 0 Å². The molecule has 20 heavy (non-hydrogen) atoms. The van der Waals surface area contributed by atoms with E-state index in [1.807, 2.05) is 20.8 Å². The van der Waals surface area contributed by atoms with E-state index in [0.29, 0.717) is 6.54 Å². The molecule has 4 heteroatoms. The van der Waals surface area contributed by atoms with E-state index in [4.69, 9.17) is 0 Å². The quantitative estimate of drug-likeness (QED) is 0.805. The normalized spacial score (nSPS) is 24.4. The van der Waals surface area contributed by atoms with E-state index >= 15 is 0 Å². The molecular weight excluding hydrogens is 252 g/mol. The Labute approximate surface area is 121 Å². The Balaban J connectivity index is 1.97. The third kappa shape index (κ3) is 3.62. The van der Waals surface area contributed by atoms with Crippen LogP contribution < -0.4 is 5.32 Å². The maximum atomic E-state index is 12.5. The van der Waals surface area contributed by atoms with Gasteiger partial charge in [0.2, 0.25) is 11.8 Å². The highest BCUT2D eigenvalue weighted by Gasteiger charge is 2.39. The standard InChI is InChI=1S/C16H26N2O2/c1-16(2,3)14-15(20)18(11-13(19)17-14)10-9-12-7-5-4-6-8-12/h7,14H,4-6,8-11H2,1-3H3,(H,17,19). The smallest absolute Gasteiger partial charge is 0.246 e. The number of amides is 2. The summed E-state index contributed by atoms with van der Waals surface area (Å²) in [4.78, 5) is 26.0. The molecule has 2 aliphatic rings. The van der Waals surface area contributed by atoms with Crippen LogP contribution in [-0.2, 0) is 9.59 Å². The number of hydrogen-bond donors (Lipinski definition) is 1. The van der Waals surface area contributed by atoms with Gasteiger partial charge in [-0.1, -0.05) is 32.4 Å². The van der Waals surface area contributed by atoms with Crippen molar-refractivity contribution >= 4 is 11.8 Å². The molecule has 1 atom stereocenters. The Bertz CT molecular complexity index is 421. The molecule has 0 saturated carbocycles. The maximum Gasteiger partial charge on any atom is 0.246 e. The van der Waals surface area contributed by atoms with E-state index < -0.39 is 6.04 Å². The number of allylic oxidation sites excluding steroid dienone is 1. The third-order valence-electron chi connectivity index (χ3n) is 4.15. The SMILES string of the molecule is CC(C)(C)C1NC(=O)CN(CCC2=CCCCC2)C1=O. The topological polar surface area (TPSA) is 49.4 Å². The number of nitrogens with one attached hydrogen (secondary N) is 1. The number of rotatable bonds is 3. The van der Waals surface area contributed by atoms with Gasteiger partial charge in [0, 0.05) is 6.54 Å². The van der Waals surface area contributed by atoms with E-state index in [9.17, 15) is 9.59 Å². The van der Waals surface area contributed by atoms with Crippen molar-refractivity contribution < 1.29 is 9.59 Å². The molecule has 0 spiro atoms. The molecule has 0 radical (unpaired) electrons. The summed E-state index contributed by atoms with van der Waals surface area (Å²) in [7, 11) is 0. The van der Waals surface area contributed by atoms with Crippen molar-refractivity contribution in [3.63, 3.8) is 0 Å². The van der Waals surface area contributed by atoms with Crippen molar-refractivity contribution in [1.82, 2.24) is 10.2 Å². The summed E-state index contributed by atoms with van der Waals surface area (Å²) in [6, 6.07) is -0.399. The molecule has 112 valence electrons. The Kier molecular flexibility index (Phi) is 4.51. The molecule has 1 saturated heterocycles. The lowest BCUT2D eigenvalue weighted by Crippen LogP contribution is -2.62. The molecule has 0 aromatic heterocycles. The highest BCUT2D eigenvalue weighted by atomic mass is 16.2. The number of carbonyl (C=O) groups excluding carboxylic acids is 2. The molecule has 1 unspecified atom stereocenters. The van der Waals surface area contributed by atoms with Crippen molar-refractivity contribution in [2.75, 3.05) is 13.1 Å². The summed E-state index contributed by atoms with van der Waals surface area (Å²) in [5, 5.41) is 2.83. The lowest BCUT2D eigenvalue weighted by molar-refractivity contribution is -0.147. The molecule has 2 rings (SSSR count). The third-order valence-corrected chi connectivity index (χ3v) is 4.15. The largest absolute Gasteiger partial charge is 0.342 e. The van der Waals surface area contributed by atoms with Gasteiger partial charge >= 0.3 is 0 Å². The molecule has 1 heterocycles. The van der Waals surface area contributed by atoms with Gasteiger partial charge in [0.15, 0.2) is 0 Å². The minimum absolute atomic E-state index is 0.0397. The van der Waals surface area contributed by atoms with Crippen LogP contribution in [0.4, 0.5) is 0 Å². The molecule has 2 amide bonds. The molecule has 1 aliphatic heterocycles. The van der Waals surface area contributed by atoms with Gasteiger partial charge in [0.1, 0.15) is 6.04 Å². The monoisotopic (exact) mass is 278 g/mol. The molecule has 1 N–H and O–H groups in total. The molecule has 0 bridgehead atoms. The predicted octanol–water partition coefficient (Wildman–Crippen LogP) is 2.25. The lowest BCUT2D eigenvalue weighted by Gasteiger charge is -2.39. The minimum Gasteiger partial charge on any atom is -0.342 e. The van der Waals surface area contributed by atoms with Gasteiger partial charge in [0.25, 0.3) is 0 Å². The Morgan fingerprint density at radius 2 is 2.05 bits per heavy atom. The zero-order valence-electron chi connectivity index (χ0n) is 12.9. The molecular formula is C16H26N2O2. The van der Waals surface area contributed by atoms with Gasteiger partial charge in [-0.3, -0.25) is 9.59 Å². The summed E-state index contributed by atoms with van der Waals surface area (Å²) in [6.07, 6.45) is 8.06. The molecule has 0 aromatic rings. The van der Waals surface area contributed by atoms with Crippen LogP contribution in [0.2, 0.25) is 0 Å². The Morgan fingerprint density at radius 1 is 1.30 bits per heavy atom. The molecule has 0 aromatic carbocycles. The highest BCUT2D eigenvalue weighted by molar-refractivity contribution is 5.95. The van der Waals surface area contributed by atoms with Gasteiger partial charge < -0.3 is 10.2 Å². The highest BCUT2D eigenvalue weighted by Crippen LogP contribution is 2.25. The van der Waals surface area contributed by atoms with Gasteiger partial charge in [-0.05, 0) is 37.5 Å². The maximum absolute atomic E-state index is 12.5. The fourth-order valence-corrected chi connectivity index (χ4v) is 2.89. The van der Waals surface area contributed by atoms with E-state index in [1.165, 1.54) is 18.4 Å². The van der Waals surface area contributed by atoms with Crippen LogP contribution in [0.15, 0.2) is 11.6 Å². The van der Waals surface area contributed by atoms with Crippen LogP contribution in [0.1, 0.15) is 52.9 Å². The molecule has 1 aliphatic carbocycles. The fraction of sp³-hybridized carbons (Fsp3) is 0.750. The lowest BCUT2D eigenvalue weighted by atomic mass is 9.84. The second-order valence-electron chi connectivity index (χ2n) is 6.98. The average molecular weight is 278 g/mol. The van der Waals surface area contributed by atoms with Crippen molar-refractivity contribution in [1.29, 1.82) is 0 Å². The van der Waals surface area contributed by atoms with Crippen molar-refractivity contribution in [3.05, 3.63) is 11.6 Å². The number of piperazine rings is 1. The Morgan fingerprint density at radius 3 is 2.65 bits per heavy atom. The summed E-state index contributed by atoms with van der Waals surface area (Å²) < 4.78 is 0. The summed E-state index contributed by atoms with van der Waals surface area (Å²) in [5.41, 5.74) is 1.21. The van der Waals surface area contributed by atoms with Crippen molar-refractivity contribution in [3.8, 4) is 0 Å². The Hall–Kier alpha value is -1.32. The second-order valence-corrected chi connectivity index (χ2v) is 6.98. The number of nitrogens with zero attached hydrogens (tertiary/aromatic N) is 1. The summed E-state index contributed by atoms with van der Waals surface area (Å²) in [5.74, 6) is 0.0238. The van der Waals surface area contributed by atoms with Gasteiger partial charge in [-0.25, -0.2) is 0 Å². The number of carbonyl (C=O) groups is 2. The van der Waals surface area contributed by atoms with Crippen molar-refractivity contribution in [2.24, 2.45) is 5.41 Å². The summed E-state index contributed by atoms with van der Waals surface area (Å²) in [6.45, 7) is 6.85. The van der Waals surface area contributed by atoms with E-state index in [0.717, 1.165) is 19.3 Å². The van der Waals surface area contributed by atoms with Crippen LogP contribution in [0.5, 0.6) is 0 Å². The first-order valence-electron chi connectivity index (χ1n) is 7.64. The van der Waals surface area contributed by atoms with Crippen LogP contribution in [-0.4, -0.2) is 35.8 Å². The zero-order chi connectivity index (χ0) is 14.8. The van der Waals surface area contributed by atoms with Crippen LogP contribution in [0.25, 0.3) is 0 Å². The minimum atomic E-state index is -0.399. The van der Waals surface area contributed by atoms with E-state index in [1.54, 1.807) is 4.90 Å². The first kappa shape index (κ1) is 15.1. The predicted molar refractivity (Wildman–Crippen MR) is 79.1 cm³/mol. The second kappa shape index (κ2) is 5.98. The van der Waals surface area contributed by atoms with Crippen LogP contribution in [0.3, 0.4) is 0 Å². The fourth-order valence-electron chi connectivity index (χ4n) is 2.89. The van der Waals surface area contributed by atoms with Gasteiger partial charge in [-0.15, -0.1) is 0 Å². The van der Waals surface area contributed by atoms with Gasteiger partial charge in [-0.2, -0.15) is 0 Å². The first-order valence-corrected chi connectivity index (χ1v) is 7.64. The van der Waals surface area contributed by atoms with E-state index in [2.05, 4.69) is 11.4 Å². The van der Waals surface area contributed by atoms with Crippen molar-refractivity contribution in [2.45, 2.75) is 58.9 Å². The number of hydrogen-bond acceptors (Lipinski definition) is 2. The zero-order valence-corrected chi connectivity index (χ0v) is 12.9. The molecule has 4 nitrogen and oxygen atoms in total.